The Kier molecular flexibility index (Phi) is 6.37. The first-order chi connectivity index (χ1) is 11.5. The first-order valence-electron chi connectivity index (χ1n) is 8.02. The molecule has 2 rings (SSSR count). The van der Waals surface area contributed by atoms with Gasteiger partial charge in [0.2, 0.25) is 11.8 Å². The Morgan fingerprint density at radius 1 is 1.33 bits per heavy atom. The number of carbonyl (C=O) groups excluding carboxylic acids is 1. The van der Waals surface area contributed by atoms with Crippen LogP contribution >= 0.6 is 0 Å². The third-order valence-corrected chi connectivity index (χ3v) is 3.66. The fraction of sp³-hybridized carbons (Fsp3) is 0.444. The fourth-order valence-corrected chi connectivity index (χ4v) is 2.37. The first-order valence-corrected chi connectivity index (χ1v) is 8.02. The summed E-state index contributed by atoms with van der Waals surface area (Å²) >= 11 is 0. The van der Waals surface area contributed by atoms with Gasteiger partial charge in [0, 0.05) is 6.54 Å². The van der Waals surface area contributed by atoms with E-state index in [1.54, 1.807) is 7.11 Å². The van der Waals surface area contributed by atoms with Gasteiger partial charge in [0.05, 0.1) is 24.8 Å². The quantitative estimate of drug-likeness (QED) is 0.752. The molecule has 6 heteroatoms. The van der Waals surface area contributed by atoms with Crippen molar-refractivity contribution in [1.29, 1.82) is 0 Å². The largest absolute Gasteiger partial charge is 0.496 e. The zero-order valence-corrected chi connectivity index (χ0v) is 14.8. The van der Waals surface area contributed by atoms with Crippen LogP contribution in [0.25, 0.3) is 11.5 Å². The predicted octanol–water partition coefficient (Wildman–Crippen LogP) is 2.27. The van der Waals surface area contributed by atoms with Crippen molar-refractivity contribution < 1.29 is 13.9 Å². The van der Waals surface area contributed by atoms with E-state index < -0.39 is 0 Å². The van der Waals surface area contributed by atoms with Gasteiger partial charge >= 0.3 is 0 Å². The Bertz CT molecular complexity index is 680. The lowest BCUT2D eigenvalue weighted by atomic mass is 10.2. The van der Waals surface area contributed by atoms with Crippen LogP contribution in [0.2, 0.25) is 0 Å². The molecule has 130 valence electrons. The number of methoxy groups -OCH3 is 1. The zero-order valence-electron chi connectivity index (χ0n) is 14.8. The van der Waals surface area contributed by atoms with Crippen LogP contribution in [0.4, 0.5) is 0 Å². The molecule has 0 atom stereocenters. The number of oxazole rings is 1. The van der Waals surface area contributed by atoms with Gasteiger partial charge in [-0.15, -0.1) is 0 Å². The maximum absolute atomic E-state index is 12.0. The molecule has 0 saturated heterocycles. The second-order valence-corrected chi connectivity index (χ2v) is 5.91. The number of hydrogen-bond donors (Lipinski definition) is 1. The summed E-state index contributed by atoms with van der Waals surface area (Å²) in [6, 6.07) is 7.52. The average molecular weight is 331 g/mol. The van der Waals surface area contributed by atoms with Crippen LogP contribution in [-0.4, -0.2) is 50.1 Å². The van der Waals surface area contributed by atoms with Crippen molar-refractivity contribution in [2.75, 3.05) is 34.3 Å². The molecule has 1 amide bonds. The number of aromatic nitrogens is 1. The van der Waals surface area contributed by atoms with Gasteiger partial charge in [0.15, 0.2) is 0 Å². The van der Waals surface area contributed by atoms with E-state index >= 15 is 0 Å². The van der Waals surface area contributed by atoms with Gasteiger partial charge in [0.25, 0.3) is 0 Å². The SMILES string of the molecule is COc1ccccc1-c1nc(CC(=O)NCCCN(C)C)c(C)o1. The van der Waals surface area contributed by atoms with E-state index in [1.807, 2.05) is 45.3 Å². The summed E-state index contributed by atoms with van der Waals surface area (Å²) in [6.07, 6.45) is 1.13. The maximum Gasteiger partial charge on any atom is 0.230 e. The monoisotopic (exact) mass is 331 g/mol. The van der Waals surface area contributed by atoms with Gasteiger partial charge in [-0.05, 0) is 46.1 Å². The van der Waals surface area contributed by atoms with E-state index in [0.29, 0.717) is 29.6 Å². The molecule has 0 bridgehead atoms. The predicted molar refractivity (Wildman–Crippen MR) is 93.1 cm³/mol. The van der Waals surface area contributed by atoms with E-state index in [9.17, 15) is 4.79 Å². The minimum absolute atomic E-state index is 0.0447. The van der Waals surface area contributed by atoms with Crippen molar-refractivity contribution in [1.82, 2.24) is 15.2 Å². The fourth-order valence-electron chi connectivity index (χ4n) is 2.37. The number of aryl methyl sites for hydroxylation is 1. The summed E-state index contributed by atoms with van der Waals surface area (Å²) in [6.45, 7) is 3.43. The van der Waals surface area contributed by atoms with Gasteiger partial charge < -0.3 is 19.4 Å². The molecule has 1 heterocycles. The molecule has 0 aliphatic heterocycles. The molecule has 1 aromatic carbocycles. The summed E-state index contributed by atoms with van der Waals surface area (Å²) in [5.74, 6) is 1.77. The lowest BCUT2D eigenvalue weighted by Gasteiger charge is -2.09. The first kappa shape index (κ1) is 18.0. The number of rotatable bonds is 8. The molecular formula is C18H25N3O3. The molecule has 0 radical (unpaired) electrons. The Hall–Kier alpha value is -2.34. The second-order valence-electron chi connectivity index (χ2n) is 5.91. The van der Waals surface area contributed by atoms with Crippen molar-refractivity contribution in [3.8, 4) is 17.2 Å². The third kappa shape index (κ3) is 4.83. The third-order valence-electron chi connectivity index (χ3n) is 3.66. The number of amides is 1. The molecule has 0 spiro atoms. The number of carbonyl (C=O) groups is 1. The van der Waals surface area contributed by atoms with Crippen LogP contribution in [0.5, 0.6) is 5.75 Å². The van der Waals surface area contributed by atoms with Crippen molar-refractivity contribution in [3.63, 3.8) is 0 Å². The Labute approximate surface area is 142 Å². The molecule has 0 fully saturated rings. The second kappa shape index (κ2) is 8.49. The molecule has 6 nitrogen and oxygen atoms in total. The number of nitrogens with one attached hydrogen (secondary N) is 1. The highest BCUT2D eigenvalue weighted by molar-refractivity contribution is 5.78. The Balaban J connectivity index is 2.00. The van der Waals surface area contributed by atoms with Gasteiger partial charge in [0.1, 0.15) is 11.5 Å². The van der Waals surface area contributed by atoms with E-state index in [-0.39, 0.29) is 12.3 Å². The molecule has 0 aliphatic rings. The van der Waals surface area contributed by atoms with Crippen LogP contribution < -0.4 is 10.1 Å². The molecular weight excluding hydrogens is 306 g/mol. The lowest BCUT2D eigenvalue weighted by Crippen LogP contribution is -2.28. The summed E-state index contributed by atoms with van der Waals surface area (Å²) in [5.41, 5.74) is 1.43. The number of benzene rings is 1. The summed E-state index contributed by atoms with van der Waals surface area (Å²) in [7, 11) is 5.64. The number of nitrogens with zero attached hydrogens (tertiary/aromatic N) is 2. The van der Waals surface area contributed by atoms with Crippen LogP contribution in [-0.2, 0) is 11.2 Å². The van der Waals surface area contributed by atoms with Crippen LogP contribution in [0, 0.1) is 6.92 Å². The molecule has 0 aliphatic carbocycles. The lowest BCUT2D eigenvalue weighted by molar-refractivity contribution is -0.120. The summed E-state index contributed by atoms with van der Waals surface area (Å²) in [5, 5.41) is 2.91. The molecule has 1 N–H and O–H groups in total. The highest BCUT2D eigenvalue weighted by Crippen LogP contribution is 2.30. The highest BCUT2D eigenvalue weighted by Gasteiger charge is 2.16. The van der Waals surface area contributed by atoms with Gasteiger partial charge in [-0.3, -0.25) is 4.79 Å². The molecule has 2 aromatic rings. The van der Waals surface area contributed by atoms with Crippen LogP contribution in [0.15, 0.2) is 28.7 Å². The topological polar surface area (TPSA) is 67.6 Å². The molecule has 0 unspecified atom stereocenters. The number of hydrogen-bond acceptors (Lipinski definition) is 5. The van der Waals surface area contributed by atoms with Crippen molar-refractivity contribution in [2.45, 2.75) is 19.8 Å². The van der Waals surface area contributed by atoms with E-state index in [4.69, 9.17) is 9.15 Å². The Morgan fingerprint density at radius 3 is 2.79 bits per heavy atom. The smallest absolute Gasteiger partial charge is 0.230 e. The average Bonchev–Trinajstić information content (AvgIpc) is 2.92. The van der Waals surface area contributed by atoms with Gasteiger partial charge in [-0.25, -0.2) is 4.98 Å². The maximum atomic E-state index is 12.0. The van der Waals surface area contributed by atoms with Gasteiger partial charge in [-0.2, -0.15) is 0 Å². The minimum atomic E-state index is -0.0447. The molecule has 0 saturated carbocycles. The molecule has 1 aromatic heterocycles. The summed E-state index contributed by atoms with van der Waals surface area (Å²) in [4.78, 5) is 18.6. The standard InChI is InChI=1S/C18H25N3O3/c1-13-15(12-17(22)19-10-7-11-21(2)3)20-18(24-13)14-8-5-6-9-16(14)23-4/h5-6,8-9H,7,10-12H2,1-4H3,(H,19,22). The number of para-hydroxylation sites is 1. The molecule has 24 heavy (non-hydrogen) atoms. The van der Waals surface area contributed by atoms with E-state index in [1.165, 1.54) is 0 Å². The minimum Gasteiger partial charge on any atom is -0.496 e. The normalized spacial score (nSPS) is 10.9. The van der Waals surface area contributed by atoms with E-state index in [2.05, 4.69) is 15.2 Å². The van der Waals surface area contributed by atoms with Crippen molar-refractivity contribution in [3.05, 3.63) is 35.7 Å². The van der Waals surface area contributed by atoms with Crippen LogP contribution in [0.1, 0.15) is 17.9 Å². The summed E-state index contributed by atoms with van der Waals surface area (Å²) < 4.78 is 11.1. The van der Waals surface area contributed by atoms with Crippen molar-refractivity contribution >= 4 is 5.91 Å². The highest BCUT2D eigenvalue weighted by atomic mass is 16.5. The van der Waals surface area contributed by atoms with Crippen LogP contribution in [0.3, 0.4) is 0 Å². The zero-order chi connectivity index (χ0) is 17.5. The van der Waals surface area contributed by atoms with Crippen molar-refractivity contribution in [2.24, 2.45) is 0 Å². The van der Waals surface area contributed by atoms with E-state index in [0.717, 1.165) is 18.5 Å². The Morgan fingerprint density at radius 2 is 2.08 bits per heavy atom. The van der Waals surface area contributed by atoms with Gasteiger partial charge in [-0.1, -0.05) is 12.1 Å². The number of ether oxygens (including phenoxy) is 1.